The quantitative estimate of drug-likeness (QED) is 0.463. The van der Waals surface area contributed by atoms with Gasteiger partial charge in [-0.3, -0.25) is 20.4 Å². The molecule has 23 heavy (non-hydrogen) atoms. The zero-order chi connectivity index (χ0) is 16.7. The number of nitrogens with one attached hydrogen (secondary N) is 2. The molecule has 2 rings (SSSR count). The molecule has 4 nitrogen and oxygen atoms in total. The highest BCUT2D eigenvalue weighted by Gasteiger charge is 2.07. The van der Waals surface area contributed by atoms with Crippen LogP contribution in [0.15, 0.2) is 46.7 Å². The van der Waals surface area contributed by atoms with E-state index in [1.165, 1.54) is 29.2 Å². The molecule has 2 aromatic rings. The van der Waals surface area contributed by atoms with Crippen LogP contribution in [0.5, 0.6) is 0 Å². The maximum Gasteiger partial charge on any atom is 0.262 e. The lowest BCUT2D eigenvalue weighted by Gasteiger charge is -2.06. The molecule has 1 heterocycles. The SMILES string of the molecule is O=C(/C=C/c1cccs1)NNC(=O)CSc1cc(Cl)ccc1Cl. The summed E-state index contributed by atoms with van der Waals surface area (Å²) in [5, 5.41) is 2.98. The second-order valence-corrected chi connectivity index (χ2v) is 7.09. The van der Waals surface area contributed by atoms with Gasteiger partial charge in [0.1, 0.15) is 0 Å². The molecule has 0 aliphatic rings. The number of benzene rings is 1. The fourth-order valence-electron chi connectivity index (χ4n) is 1.48. The molecule has 0 saturated carbocycles. The molecule has 8 heteroatoms. The van der Waals surface area contributed by atoms with Crippen molar-refractivity contribution in [3.05, 3.63) is 56.7 Å². The fourth-order valence-corrected chi connectivity index (χ4v) is 3.40. The first-order valence-electron chi connectivity index (χ1n) is 6.43. The van der Waals surface area contributed by atoms with Crippen molar-refractivity contribution < 1.29 is 9.59 Å². The van der Waals surface area contributed by atoms with Gasteiger partial charge in [0.2, 0.25) is 5.91 Å². The van der Waals surface area contributed by atoms with Crippen LogP contribution >= 0.6 is 46.3 Å². The van der Waals surface area contributed by atoms with Gasteiger partial charge >= 0.3 is 0 Å². The van der Waals surface area contributed by atoms with E-state index in [0.717, 1.165) is 4.88 Å². The third-order valence-electron chi connectivity index (χ3n) is 2.52. The normalized spacial score (nSPS) is 10.7. The minimum atomic E-state index is -0.405. The number of hydrazine groups is 1. The summed E-state index contributed by atoms with van der Waals surface area (Å²) >= 11 is 14.6. The highest BCUT2D eigenvalue weighted by Crippen LogP contribution is 2.29. The molecule has 0 atom stereocenters. The summed E-state index contributed by atoms with van der Waals surface area (Å²) in [7, 11) is 0. The van der Waals surface area contributed by atoms with E-state index in [4.69, 9.17) is 23.2 Å². The van der Waals surface area contributed by atoms with E-state index < -0.39 is 5.91 Å². The predicted octanol–water partition coefficient (Wildman–Crippen LogP) is 4.01. The zero-order valence-corrected chi connectivity index (χ0v) is 14.9. The monoisotopic (exact) mass is 386 g/mol. The molecule has 0 aliphatic carbocycles. The molecule has 2 amide bonds. The van der Waals surface area contributed by atoms with E-state index in [0.29, 0.717) is 14.9 Å². The summed E-state index contributed by atoms with van der Waals surface area (Å²) in [5.41, 5.74) is 4.65. The van der Waals surface area contributed by atoms with Crippen LogP contribution < -0.4 is 10.9 Å². The van der Waals surface area contributed by atoms with E-state index in [-0.39, 0.29) is 11.7 Å². The van der Waals surface area contributed by atoms with Gasteiger partial charge in [-0.15, -0.1) is 23.1 Å². The maximum absolute atomic E-state index is 11.7. The van der Waals surface area contributed by atoms with Gasteiger partial charge in [-0.1, -0.05) is 29.3 Å². The molecule has 0 radical (unpaired) electrons. The van der Waals surface area contributed by atoms with Crippen molar-refractivity contribution in [2.24, 2.45) is 0 Å². The number of thioether (sulfide) groups is 1. The molecule has 0 bridgehead atoms. The number of carbonyl (C=O) groups is 2. The smallest absolute Gasteiger partial charge is 0.262 e. The molecule has 0 unspecified atom stereocenters. The van der Waals surface area contributed by atoms with Gasteiger partial charge in [-0.25, -0.2) is 0 Å². The van der Waals surface area contributed by atoms with E-state index in [1.807, 2.05) is 17.5 Å². The largest absolute Gasteiger partial charge is 0.272 e. The van der Waals surface area contributed by atoms with Crippen LogP contribution in [0.2, 0.25) is 10.0 Å². The van der Waals surface area contributed by atoms with Gasteiger partial charge in [0, 0.05) is 20.9 Å². The van der Waals surface area contributed by atoms with Crippen molar-refractivity contribution in [2.75, 3.05) is 5.75 Å². The molecule has 120 valence electrons. The predicted molar refractivity (Wildman–Crippen MR) is 96.8 cm³/mol. The zero-order valence-electron chi connectivity index (χ0n) is 11.7. The molecule has 0 saturated heterocycles. The number of rotatable bonds is 5. The third-order valence-corrected chi connectivity index (χ3v) is 5.09. The first-order valence-corrected chi connectivity index (χ1v) is 9.05. The lowest BCUT2D eigenvalue weighted by molar-refractivity contribution is -0.125. The Kier molecular flexibility index (Phi) is 6.98. The van der Waals surface area contributed by atoms with Crippen molar-refractivity contribution in [2.45, 2.75) is 4.90 Å². The number of hydrogen-bond acceptors (Lipinski definition) is 4. The number of carbonyl (C=O) groups excluding carboxylic acids is 2. The van der Waals surface area contributed by atoms with Gasteiger partial charge < -0.3 is 0 Å². The van der Waals surface area contributed by atoms with E-state index in [9.17, 15) is 9.59 Å². The average Bonchev–Trinajstić information content (AvgIpc) is 3.05. The maximum atomic E-state index is 11.7. The first-order chi connectivity index (χ1) is 11.0. The fraction of sp³-hybridized carbons (Fsp3) is 0.0667. The Labute approximate surface area is 151 Å². The average molecular weight is 387 g/mol. The molecular weight excluding hydrogens is 375 g/mol. The Morgan fingerprint density at radius 3 is 2.78 bits per heavy atom. The Morgan fingerprint density at radius 2 is 2.04 bits per heavy atom. The topological polar surface area (TPSA) is 58.2 Å². The summed E-state index contributed by atoms with van der Waals surface area (Å²) in [6, 6.07) is 8.81. The van der Waals surface area contributed by atoms with Gasteiger partial charge in [-0.05, 0) is 35.7 Å². The lowest BCUT2D eigenvalue weighted by Crippen LogP contribution is -2.41. The Bertz CT molecular complexity index is 718. The molecule has 0 aliphatic heterocycles. The van der Waals surface area contributed by atoms with Crippen molar-refractivity contribution in [1.29, 1.82) is 0 Å². The van der Waals surface area contributed by atoms with Crippen molar-refractivity contribution in [1.82, 2.24) is 10.9 Å². The van der Waals surface area contributed by atoms with Crippen LogP contribution in [0.4, 0.5) is 0 Å². The van der Waals surface area contributed by atoms with Gasteiger partial charge in [0.15, 0.2) is 0 Å². The van der Waals surface area contributed by atoms with Crippen LogP contribution in [0.3, 0.4) is 0 Å². The summed E-state index contributed by atoms with van der Waals surface area (Å²) < 4.78 is 0. The van der Waals surface area contributed by atoms with Crippen LogP contribution in [-0.4, -0.2) is 17.6 Å². The second kappa shape index (κ2) is 8.98. The molecular formula is C15H12Cl2N2O2S2. The Hall–Kier alpha value is -1.47. The summed E-state index contributed by atoms with van der Waals surface area (Å²) in [6.07, 6.45) is 3.03. The van der Waals surface area contributed by atoms with Gasteiger partial charge in [0.05, 0.1) is 10.8 Å². The number of thiophene rings is 1. The Morgan fingerprint density at radius 1 is 1.22 bits per heavy atom. The van der Waals surface area contributed by atoms with Crippen molar-refractivity contribution >= 4 is 64.2 Å². The number of hydrogen-bond donors (Lipinski definition) is 2. The molecule has 1 aromatic heterocycles. The lowest BCUT2D eigenvalue weighted by atomic mass is 10.4. The molecule has 1 aromatic carbocycles. The molecule has 0 fully saturated rings. The third kappa shape index (κ3) is 6.27. The molecule has 2 N–H and O–H groups in total. The number of halogens is 2. The summed E-state index contributed by atoms with van der Waals surface area (Å²) in [5.74, 6) is -0.643. The van der Waals surface area contributed by atoms with Crippen LogP contribution in [0.25, 0.3) is 6.08 Å². The van der Waals surface area contributed by atoms with E-state index >= 15 is 0 Å². The first kappa shape index (κ1) is 17.9. The van der Waals surface area contributed by atoms with E-state index in [1.54, 1.807) is 24.3 Å². The van der Waals surface area contributed by atoms with Crippen LogP contribution in [0, 0.1) is 0 Å². The summed E-state index contributed by atoms with van der Waals surface area (Å²) in [6.45, 7) is 0. The van der Waals surface area contributed by atoms with Crippen molar-refractivity contribution in [3.8, 4) is 0 Å². The summed E-state index contributed by atoms with van der Waals surface area (Å²) in [4.78, 5) is 24.9. The molecule has 0 spiro atoms. The van der Waals surface area contributed by atoms with Crippen molar-refractivity contribution in [3.63, 3.8) is 0 Å². The second-order valence-electron chi connectivity index (χ2n) is 4.25. The minimum absolute atomic E-state index is 0.106. The van der Waals surface area contributed by atoms with Gasteiger partial charge in [0.25, 0.3) is 5.91 Å². The van der Waals surface area contributed by atoms with Gasteiger partial charge in [-0.2, -0.15) is 0 Å². The highest BCUT2D eigenvalue weighted by atomic mass is 35.5. The van der Waals surface area contributed by atoms with Crippen LogP contribution in [-0.2, 0) is 9.59 Å². The number of amides is 2. The minimum Gasteiger partial charge on any atom is -0.272 e. The van der Waals surface area contributed by atoms with E-state index in [2.05, 4.69) is 10.9 Å². The van der Waals surface area contributed by atoms with Crippen LogP contribution in [0.1, 0.15) is 4.88 Å². The highest BCUT2D eigenvalue weighted by molar-refractivity contribution is 8.00. The standard InChI is InChI=1S/C15H12Cl2N2O2S2/c16-10-3-5-12(17)13(8-10)23-9-15(21)19-18-14(20)6-4-11-2-1-7-22-11/h1-8H,9H2,(H,18,20)(H,19,21)/b6-4+. The Balaban J connectivity index is 1.74.